The van der Waals surface area contributed by atoms with Gasteiger partial charge in [-0.05, 0) is 12.2 Å². The maximum Gasteiger partial charge on any atom is 0.320 e. The van der Waals surface area contributed by atoms with Crippen molar-refractivity contribution in [2.75, 3.05) is 11.5 Å². The molecule has 0 aromatic heterocycles. The van der Waals surface area contributed by atoms with E-state index in [-0.39, 0.29) is 12.2 Å². The van der Waals surface area contributed by atoms with E-state index in [0.717, 1.165) is 11.8 Å². The summed E-state index contributed by atoms with van der Waals surface area (Å²) in [6.45, 7) is 0. The van der Waals surface area contributed by atoms with Crippen molar-refractivity contribution >= 4 is 29.7 Å². The minimum atomic E-state index is -1.47. The van der Waals surface area contributed by atoms with Crippen molar-refractivity contribution in [3.63, 3.8) is 0 Å². The van der Waals surface area contributed by atoms with Gasteiger partial charge in [0.25, 0.3) is 0 Å². The van der Waals surface area contributed by atoms with Crippen molar-refractivity contribution in [1.82, 2.24) is 0 Å². The molecule has 1 atom stereocenters. The fourth-order valence-electron chi connectivity index (χ4n) is 0.783. The highest BCUT2D eigenvalue weighted by molar-refractivity contribution is 7.99. The van der Waals surface area contributed by atoms with Gasteiger partial charge in [-0.1, -0.05) is 0 Å². The number of carboxylic acids is 3. The van der Waals surface area contributed by atoms with Gasteiger partial charge in [-0.15, -0.1) is 0 Å². The average Bonchev–Trinajstić information content (AvgIpc) is 2.15. The zero-order valence-electron chi connectivity index (χ0n) is 8.33. The number of aliphatic carboxylic acids is 3. The quantitative estimate of drug-likeness (QED) is 0.328. The molecule has 0 aliphatic rings. The van der Waals surface area contributed by atoms with Crippen LogP contribution < -0.4 is 5.73 Å². The van der Waals surface area contributed by atoms with Crippen molar-refractivity contribution in [2.45, 2.75) is 12.5 Å². The van der Waals surface area contributed by atoms with E-state index >= 15 is 0 Å². The molecule has 0 aliphatic heterocycles. The summed E-state index contributed by atoms with van der Waals surface area (Å²) in [6.07, 6.45) is 0.173. The van der Waals surface area contributed by atoms with Crippen LogP contribution in [0.1, 0.15) is 6.42 Å². The van der Waals surface area contributed by atoms with Crippen molar-refractivity contribution < 1.29 is 29.7 Å². The second-order valence-corrected chi connectivity index (χ2v) is 4.19. The number of carbonyl (C=O) groups is 3. The smallest absolute Gasteiger partial charge is 0.320 e. The van der Waals surface area contributed by atoms with Crippen LogP contribution in [0.4, 0.5) is 0 Å². The predicted octanol–water partition coefficient (Wildman–Crippen LogP) is -0.693. The van der Waals surface area contributed by atoms with Gasteiger partial charge in [-0.3, -0.25) is 14.4 Å². The molecular weight excluding hydrogens is 238 g/mol. The molecule has 0 amide bonds. The lowest BCUT2D eigenvalue weighted by Crippen LogP contribution is -2.31. The van der Waals surface area contributed by atoms with Gasteiger partial charge in [0.2, 0.25) is 0 Å². The summed E-state index contributed by atoms with van der Waals surface area (Å²) in [7, 11) is 0. The van der Waals surface area contributed by atoms with E-state index in [1.165, 1.54) is 0 Å². The second-order valence-electron chi connectivity index (χ2n) is 3.04. The molecule has 0 spiro atoms. The number of carboxylic acid groups (broad SMARTS) is 3. The maximum absolute atomic E-state index is 10.5. The van der Waals surface area contributed by atoms with Crippen LogP contribution in [0.2, 0.25) is 0 Å². The summed E-state index contributed by atoms with van der Waals surface area (Å²) in [5, 5.41) is 25.5. The molecule has 7 nitrogen and oxygen atoms in total. The van der Waals surface area contributed by atoms with Gasteiger partial charge in [0.05, 0.1) is 0 Å². The number of hydrogen-bond donors (Lipinski definition) is 4. The molecule has 0 rings (SSSR count). The Morgan fingerprint density at radius 1 is 1.06 bits per heavy atom. The first-order valence-corrected chi connectivity index (χ1v) is 5.53. The van der Waals surface area contributed by atoms with Crippen molar-refractivity contribution in [3.05, 3.63) is 0 Å². The van der Waals surface area contributed by atoms with Crippen LogP contribution in [0.25, 0.3) is 0 Å². The molecule has 0 saturated heterocycles. The highest BCUT2D eigenvalue weighted by Gasteiger charge is 2.25. The summed E-state index contributed by atoms with van der Waals surface area (Å²) in [6, 6.07) is -0.999. The molecule has 5 N–H and O–H groups in total. The third-order valence-electron chi connectivity index (χ3n) is 1.77. The maximum atomic E-state index is 10.5. The summed E-state index contributed by atoms with van der Waals surface area (Å²) < 4.78 is 0. The topological polar surface area (TPSA) is 138 Å². The summed E-state index contributed by atoms with van der Waals surface area (Å²) in [4.78, 5) is 31.2. The van der Waals surface area contributed by atoms with E-state index < -0.39 is 29.9 Å². The molecule has 0 radical (unpaired) electrons. The standard InChI is InChI=1S/C8H13NO6S/c9-5(8(14)15)1-2-16-3-4(6(10)11)7(12)13/h4-5H,1-3,9H2,(H,10,11)(H,12,13)(H,14,15)/t5-/m1/s1. The molecule has 0 heterocycles. The third kappa shape index (κ3) is 5.56. The Morgan fingerprint density at radius 2 is 1.56 bits per heavy atom. The largest absolute Gasteiger partial charge is 0.481 e. The van der Waals surface area contributed by atoms with Crippen molar-refractivity contribution in [1.29, 1.82) is 0 Å². The highest BCUT2D eigenvalue weighted by atomic mass is 32.2. The Morgan fingerprint density at radius 3 is 1.94 bits per heavy atom. The zero-order valence-corrected chi connectivity index (χ0v) is 9.14. The Labute approximate surface area is 95.6 Å². The van der Waals surface area contributed by atoms with Crippen LogP contribution in [-0.4, -0.2) is 50.8 Å². The van der Waals surface area contributed by atoms with Gasteiger partial charge in [0, 0.05) is 5.75 Å². The van der Waals surface area contributed by atoms with Crippen molar-refractivity contribution in [3.8, 4) is 0 Å². The SMILES string of the molecule is N[C@H](CCSCC(C(=O)O)C(=O)O)C(=O)O. The third-order valence-corrected chi connectivity index (χ3v) is 2.86. The van der Waals surface area contributed by atoms with Gasteiger partial charge in [-0.25, -0.2) is 0 Å². The minimum absolute atomic E-state index is 0.100. The number of thioether (sulfide) groups is 1. The molecule has 16 heavy (non-hydrogen) atoms. The van der Waals surface area contributed by atoms with Gasteiger partial charge < -0.3 is 21.1 Å². The average molecular weight is 251 g/mol. The lowest BCUT2D eigenvalue weighted by atomic mass is 10.2. The predicted molar refractivity (Wildman–Crippen MR) is 56.3 cm³/mol. The first-order chi connectivity index (χ1) is 7.36. The van der Waals surface area contributed by atoms with E-state index in [9.17, 15) is 14.4 Å². The Kier molecular flexibility index (Phi) is 6.50. The van der Waals surface area contributed by atoms with Crippen LogP contribution in [0.5, 0.6) is 0 Å². The lowest BCUT2D eigenvalue weighted by molar-refractivity contribution is -0.153. The first kappa shape index (κ1) is 14.7. The molecule has 0 aromatic rings. The van der Waals surface area contributed by atoms with Crippen LogP contribution >= 0.6 is 11.8 Å². The molecule has 0 unspecified atom stereocenters. The summed E-state index contributed by atoms with van der Waals surface area (Å²) in [5.74, 6) is -5.19. The second kappa shape index (κ2) is 7.07. The van der Waals surface area contributed by atoms with Gasteiger partial charge in [0.1, 0.15) is 6.04 Å². The van der Waals surface area contributed by atoms with Crippen LogP contribution in [0.3, 0.4) is 0 Å². The van der Waals surface area contributed by atoms with Gasteiger partial charge >= 0.3 is 17.9 Å². The molecule has 0 saturated carbocycles. The van der Waals surface area contributed by atoms with Crippen molar-refractivity contribution in [2.24, 2.45) is 11.7 Å². The fourth-order valence-corrected chi connectivity index (χ4v) is 1.89. The van der Waals surface area contributed by atoms with E-state index in [1.54, 1.807) is 0 Å². The van der Waals surface area contributed by atoms with Crippen LogP contribution in [0, 0.1) is 5.92 Å². The fraction of sp³-hybridized carbons (Fsp3) is 0.625. The molecule has 0 aliphatic carbocycles. The molecular formula is C8H13NO6S. The van der Waals surface area contributed by atoms with E-state index in [1.807, 2.05) is 0 Å². The number of nitrogens with two attached hydrogens (primary N) is 1. The van der Waals surface area contributed by atoms with E-state index in [4.69, 9.17) is 21.1 Å². The monoisotopic (exact) mass is 251 g/mol. The van der Waals surface area contributed by atoms with Gasteiger partial charge in [0.15, 0.2) is 5.92 Å². The Balaban J connectivity index is 3.84. The normalized spacial score (nSPS) is 12.4. The molecule has 0 fully saturated rings. The Bertz CT molecular complexity index is 268. The summed E-state index contributed by atoms with van der Waals surface area (Å²) >= 11 is 1.06. The number of hydrogen-bond acceptors (Lipinski definition) is 5. The van der Waals surface area contributed by atoms with Crippen LogP contribution in [-0.2, 0) is 14.4 Å². The van der Waals surface area contributed by atoms with Gasteiger partial charge in [-0.2, -0.15) is 11.8 Å². The Hall–Kier alpha value is -1.28. The number of rotatable bonds is 8. The summed E-state index contributed by atoms with van der Waals surface area (Å²) in [5.41, 5.74) is 5.21. The molecule has 8 heteroatoms. The highest BCUT2D eigenvalue weighted by Crippen LogP contribution is 2.11. The minimum Gasteiger partial charge on any atom is -0.481 e. The van der Waals surface area contributed by atoms with Crippen LogP contribution in [0.15, 0.2) is 0 Å². The molecule has 92 valence electrons. The lowest BCUT2D eigenvalue weighted by Gasteiger charge is -2.08. The zero-order chi connectivity index (χ0) is 12.7. The van der Waals surface area contributed by atoms with E-state index in [2.05, 4.69) is 0 Å². The van der Waals surface area contributed by atoms with E-state index in [0.29, 0.717) is 5.75 Å². The molecule has 0 bridgehead atoms. The first-order valence-electron chi connectivity index (χ1n) is 4.38. The molecule has 0 aromatic carbocycles.